The molecule has 0 saturated heterocycles. The fourth-order valence-electron chi connectivity index (χ4n) is 1.54. The van der Waals surface area contributed by atoms with Crippen LogP contribution in [-0.2, 0) is 4.52 Å². The minimum atomic E-state index is -1.97. The van der Waals surface area contributed by atoms with Crippen molar-refractivity contribution < 1.29 is 4.52 Å². The van der Waals surface area contributed by atoms with Crippen molar-refractivity contribution in [3.05, 3.63) is 0 Å². The molecular formula is C9H25N2OP. The molecule has 0 bridgehead atoms. The third-order valence-electron chi connectivity index (χ3n) is 2.21. The van der Waals surface area contributed by atoms with Gasteiger partial charge in [-0.05, 0) is 0 Å². The summed E-state index contributed by atoms with van der Waals surface area (Å²) in [6.45, 7) is 12.8. The Hall–Kier alpha value is 0.310. The molecule has 3 nitrogen and oxygen atoms in total. The molecule has 4 heteroatoms. The first-order valence-electron chi connectivity index (χ1n) is 4.98. The normalized spacial score (nSPS) is 14.6. The summed E-state index contributed by atoms with van der Waals surface area (Å²) in [5.74, 6) is 0. The zero-order chi connectivity index (χ0) is 10.5. The van der Waals surface area contributed by atoms with E-state index < -0.39 is 7.79 Å². The molecule has 0 aliphatic rings. The second-order valence-electron chi connectivity index (χ2n) is 4.20. The van der Waals surface area contributed by atoms with Crippen LogP contribution in [0.2, 0.25) is 0 Å². The Labute approximate surface area is 83.2 Å². The van der Waals surface area contributed by atoms with Crippen molar-refractivity contribution in [1.82, 2.24) is 10.2 Å². The summed E-state index contributed by atoms with van der Waals surface area (Å²) >= 11 is 0. The zero-order valence-corrected chi connectivity index (χ0v) is 10.8. The number of rotatable bonds is 5. The van der Waals surface area contributed by atoms with Crippen LogP contribution in [0.3, 0.4) is 0 Å². The molecule has 0 atom stereocenters. The third kappa shape index (κ3) is 3.17. The molecule has 2 N–H and O–H groups in total. The average Bonchev–Trinajstić information content (AvgIpc) is 2.02. The van der Waals surface area contributed by atoms with Crippen molar-refractivity contribution in [3.8, 4) is 0 Å². The van der Waals surface area contributed by atoms with Gasteiger partial charge in [-0.15, -0.1) is 0 Å². The summed E-state index contributed by atoms with van der Waals surface area (Å²) in [5, 5.41) is 7.14. The molecule has 82 valence electrons. The van der Waals surface area contributed by atoms with Crippen LogP contribution in [0.1, 0.15) is 34.6 Å². The van der Waals surface area contributed by atoms with Crippen LogP contribution >= 0.6 is 7.79 Å². The molecule has 0 fully saturated rings. The van der Waals surface area contributed by atoms with Gasteiger partial charge in [-0.25, -0.2) is 0 Å². The Bertz CT molecular complexity index is 139. The molecular weight excluding hydrogens is 183 g/mol. The maximum atomic E-state index is 5.70. The topological polar surface area (TPSA) is 33.3 Å². The van der Waals surface area contributed by atoms with Crippen LogP contribution in [0.5, 0.6) is 0 Å². The van der Waals surface area contributed by atoms with Crippen molar-refractivity contribution in [2.75, 3.05) is 20.2 Å². The van der Waals surface area contributed by atoms with Gasteiger partial charge in [-0.3, -0.25) is 0 Å². The van der Waals surface area contributed by atoms with Crippen molar-refractivity contribution in [3.63, 3.8) is 0 Å². The number of hydrogen-bond donors (Lipinski definition) is 2. The first-order valence-corrected chi connectivity index (χ1v) is 6.89. The van der Waals surface area contributed by atoms with Crippen molar-refractivity contribution in [1.29, 1.82) is 0 Å². The van der Waals surface area contributed by atoms with Crippen LogP contribution < -0.4 is 10.2 Å². The average molecular weight is 208 g/mol. The molecule has 0 amide bonds. The van der Waals surface area contributed by atoms with E-state index >= 15 is 0 Å². The van der Waals surface area contributed by atoms with Gasteiger partial charge in [-0.2, -0.15) is 0 Å². The minimum absolute atomic E-state index is 0.160. The number of hydrogen-bond acceptors (Lipinski definition) is 3. The van der Waals surface area contributed by atoms with E-state index in [-0.39, 0.29) is 5.16 Å². The van der Waals surface area contributed by atoms with Gasteiger partial charge in [0, 0.05) is 0 Å². The van der Waals surface area contributed by atoms with E-state index in [0.29, 0.717) is 0 Å². The van der Waals surface area contributed by atoms with Gasteiger partial charge in [0.15, 0.2) is 0 Å². The molecule has 0 spiro atoms. The summed E-state index contributed by atoms with van der Waals surface area (Å²) in [5.41, 5.74) is 0. The summed E-state index contributed by atoms with van der Waals surface area (Å²) in [6, 6.07) is 0. The zero-order valence-electron chi connectivity index (χ0n) is 9.82. The Morgan fingerprint density at radius 1 is 1.08 bits per heavy atom. The third-order valence-corrected chi connectivity index (χ3v) is 6.64. The second kappa shape index (κ2) is 5.26. The fourth-order valence-corrected chi connectivity index (χ4v) is 4.62. The standard InChI is InChI=1S/C9H25N2OP/c1-7-10-13(12-6,11-8-2)9(3,4)5/h10-11,13H,7-8H2,1-6H3. The van der Waals surface area contributed by atoms with Crippen molar-refractivity contribution >= 4 is 7.79 Å². The number of nitrogens with one attached hydrogen (secondary N) is 2. The SMILES string of the molecule is CCN[PH](NCC)(OC)C(C)(C)C. The van der Waals surface area contributed by atoms with E-state index in [1.807, 2.05) is 0 Å². The first kappa shape index (κ1) is 13.3. The van der Waals surface area contributed by atoms with E-state index in [1.165, 1.54) is 0 Å². The molecule has 0 rings (SSSR count). The van der Waals surface area contributed by atoms with E-state index in [2.05, 4.69) is 44.8 Å². The molecule has 13 heavy (non-hydrogen) atoms. The van der Waals surface area contributed by atoms with Crippen LogP contribution in [0.4, 0.5) is 0 Å². The van der Waals surface area contributed by atoms with Gasteiger partial charge in [0.05, 0.1) is 0 Å². The van der Waals surface area contributed by atoms with Gasteiger partial charge < -0.3 is 0 Å². The van der Waals surface area contributed by atoms with E-state index in [4.69, 9.17) is 4.52 Å². The molecule has 0 radical (unpaired) electrons. The monoisotopic (exact) mass is 208 g/mol. The molecule has 0 saturated carbocycles. The van der Waals surface area contributed by atoms with E-state index in [0.717, 1.165) is 13.1 Å². The molecule has 0 aliphatic heterocycles. The molecule has 0 heterocycles. The Morgan fingerprint density at radius 2 is 1.46 bits per heavy atom. The predicted octanol–water partition coefficient (Wildman–Crippen LogP) is 2.15. The quantitative estimate of drug-likeness (QED) is 0.679. The molecule has 0 aliphatic carbocycles. The van der Waals surface area contributed by atoms with E-state index in [1.54, 1.807) is 7.11 Å². The molecule has 0 aromatic rings. The van der Waals surface area contributed by atoms with Crippen LogP contribution in [0.15, 0.2) is 0 Å². The molecule has 0 aromatic heterocycles. The molecule has 0 aromatic carbocycles. The predicted molar refractivity (Wildman–Crippen MR) is 62.4 cm³/mol. The van der Waals surface area contributed by atoms with E-state index in [9.17, 15) is 0 Å². The summed E-state index contributed by atoms with van der Waals surface area (Å²) in [7, 11) is -0.177. The fraction of sp³-hybridized carbons (Fsp3) is 1.00. The van der Waals surface area contributed by atoms with Gasteiger partial charge in [-0.1, -0.05) is 0 Å². The van der Waals surface area contributed by atoms with Crippen LogP contribution in [0, 0.1) is 0 Å². The summed E-state index contributed by atoms with van der Waals surface area (Å²) in [4.78, 5) is 0. The second-order valence-corrected chi connectivity index (χ2v) is 8.17. The van der Waals surface area contributed by atoms with Gasteiger partial charge in [0.1, 0.15) is 0 Å². The van der Waals surface area contributed by atoms with Crippen molar-refractivity contribution in [2.45, 2.75) is 39.8 Å². The Balaban J connectivity index is 4.64. The Kier molecular flexibility index (Phi) is 5.38. The van der Waals surface area contributed by atoms with Crippen LogP contribution in [0.25, 0.3) is 0 Å². The van der Waals surface area contributed by atoms with Gasteiger partial charge >= 0.3 is 82.5 Å². The van der Waals surface area contributed by atoms with Gasteiger partial charge in [0.2, 0.25) is 0 Å². The van der Waals surface area contributed by atoms with Crippen molar-refractivity contribution in [2.24, 2.45) is 0 Å². The van der Waals surface area contributed by atoms with Gasteiger partial charge in [0.25, 0.3) is 0 Å². The summed E-state index contributed by atoms with van der Waals surface area (Å²) in [6.07, 6.45) is 0. The first-order chi connectivity index (χ1) is 5.93. The molecule has 0 unspecified atom stereocenters. The van der Waals surface area contributed by atoms with Crippen LogP contribution in [-0.4, -0.2) is 25.4 Å². The maximum absolute atomic E-state index is 5.70. The summed E-state index contributed by atoms with van der Waals surface area (Å²) < 4.78 is 5.70. The Morgan fingerprint density at radius 3 is 1.62 bits per heavy atom.